The predicted molar refractivity (Wildman–Crippen MR) is 172 cm³/mol. The van der Waals surface area contributed by atoms with E-state index in [4.69, 9.17) is 60.1 Å². The second kappa shape index (κ2) is 32.1. The Labute approximate surface area is 274 Å². The molecule has 4 N–H and O–H groups in total. The predicted octanol–water partition coefficient (Wildman–Crippen LogP) is 3.48. The SMILES string of the molecule is OCCOCCCCOCCOCCO.OCCOCCOCCOCCOCCNc1ccc(N=Nc2ncc(Cl)s2)cc1. The van der Waals surface area contributed by atoms with Crippen LogP contribution in [0.15, 0.2) is 40.7 Å². The van der Waals surface area contributed by atoms with Gasteiger partial charge >= 0.3 is 0 Å². The molecule has 258 valence electrons. The van der Waals surface area contributed by atoms with E-state index in [1.54, 1.807) is 6.20 Å². The summed E-state index contributed by atoms with van der Waals surface area (Å²) in [6.07, 6.45) is 3.44. The highest BCUT2D eigenvalue weighted by molar-refractivity contribution is 7.19. The first-order valence-corrected chi connectivity index (χ1v) is 16.1. The summed E-state index contributed by atoms with van der Waals surface area (Å²) in [7, 11) is 0. The van der Waals surface area contributed by atoms with Gasteiger partial charge in [0, 0.05) is 25.4 Å². The summed E-state index contributed by atoms with van der Waals surface area (Å²) in [4.78, 5) is 4.02. The van der Waals surface area contributed by atoms with Crippen LogP contribution in [0.3, 0.4) is 0 Å². The minimum atomic E-state index is 0.0302. The quantitative estimate of drug-likeness (QED) is 0.0728. The number of aromatic nitrogens is 1. The molecule has 0 aliphatic heterocycles. The molecule has 2 rings (SSSR count). The van der Waals surface area contributed by atoms with Gasteiger partial charge in [-0.25, -0.2) is 4.98 Å². The number of hydrogen-bond acceptors (Lipinski definition) is 15. The Balaban J connectivity index is 0.000000570. The van der Waals surface area contributed by atoms with Gasteiger partial charge in [0.1, 0.15) is 4.34 Å². The van der Waals surface area contributed by atoms with E-state index in [0.29, 0.717) is 109 Å². The largest absolute Gasteiger partial charge is 0.394 e. The zero-order valence-electron chi connectivity index (χ0n) is 25.9. The van der Waals surface area contributed by atoms with E-state index in [0.717, 1.165) is 24.2 Å². The molecular formula is C29H49ClN4O10S. The van der Waals surface area contributed by atoms with Gasteiger partial charge in [-0.1, -0.05) is 22.9 Å². The lowest BCUT2D eigenvalue weighted by Gasteiger charge is -2.08. The highest BCUT2D eigenvalue weighted by Gasteiger charge is 1.98. The number of hydrogen-bond donors (Lipinski definition) is 4. The number of nitrogens with zero attached hydrogens (tertiary/aromatic N) is 3. The van der Waals surface area contributed by atoms with E-state index < -0.39 is 0 Å². The van der Waals surface area contributed by atoms with Crippen molar-refractivity contribution < 1.29 is 48.5 Å². The van der Waals surface area contributed by atoms with Crippen LogP contribution in [0.2, 0.25) is 4.34 Å². The van der Waals surface area contributed by atoms with E-state index in [2.05, 4.69) is 20.5 Å². The highest BCUT2D eigenvalue weighted by Crippen LogP contribution is 2.27. The van der Waals surface area contributed by atoms with Crippen LogP contribution >= 0.6 is 22.9 Å². The molecule has 0 aliphatic carbocycles. The number of anilines is 1. The van der Waals surface area contributed by atoms with Crippen LogP contribution in [0.1, 0.15) is 12.8 Å². The Kier molecular flexibility index (Phi) is 29.4. The van der Waals surface area contributed by atoms with Crippen LogP contribution in [0.5, 0.6) is 0 Å². The van der Waals surface area contributed by atoms with Gasteiger partial charge in [-0.15, -0.1) is 10.2 Å². The maximum Gasteiger partial charge on any atom is 0.231 e. The molecule has 0 saturated carbocycles. The van der Waals surface area contributed by atoms with Crippen molar-refractivity contribution in [3.05, 3.63) is 34.8 Å². The van der Waals surface area contributed by atoms with E-state index in [1.165, 1.54) is 11.3 Å². The van der Waals surface area contributed by atoms with Crippen molar-refractivity contribution in [2.75, 3.05) is 124 Å². The average Bonchev–Trinajstić information content (AvgIpc) is 3.48. The number of halogens is 1. The maximum absolute atomic E-state index is 8.55. The van der Waals surface area contributed by atoms with E-state index in [1.807, 2.05) is 24.3 Å². The third-order valence-electron chi connectivity index (χ3n) is 5.18. The second-order valence-electron chi connectivity index (χ2n) is 8.79. The number of azo groups is 1. The summed E-state index contributed by atoms with van der Waals surface area (Å²) in [6.45, 7) is 8.08. The van der Waals surface area contributed by atoms with Crippen LogP contribution in [0.4, 0.5) is 16.5 Å². The number of nitrogens with one attached hydrogen (secondary N) is 1. The Hall–Kier alpha value is -1.86. The zero-order chi connectivity index (χ0) is 32.5. The molecule has 0 atom stereocenters. The topological polar surface area (TPSA) is 175 Å². The first-order valence-electron chi connectivity index (χ1n) is 14.9. The van der Waals surface area contributed by atoms with E-state index in [-0.39, 0.29) is 19.8 Å². The molecule has 1 aromatic heterocycles. The molecule has 14 nitrogen and oxygen atoms in total. The first-order chi connectivity index (χ1) is 22.2. The van der Waals surface area contributed by atoms with E-state index >= 15 is 0 Å². The number of benzene rings is 1. The van der Waals surface area contributed by atoms with Gasteiger partial charge in [-0.2, -0.15) is 0 Å². The fourth-order valence-corrected chi connectivity index (χ4v) is 3.82. The minimum absolute atomic E-state index is 0.0302. The van der Waals surface area contributed by atoms with Crippen LogP contribution in [-0.4, -0.2) is 139 Å². The molecule has 45 heavy (non-hydrogen) atoms. The molecule has 1 aromatic carbocycles. The van der Waals surface area contributed by atoms with Crippen molar-refractivity contribution in [1.82, 2.24) is 4.98 Å². The molecule has 1 heterocycles. The van der Waals surface area contributed by atoms with Crippen molar-refractivity contribution in [3.8, 4) is 0 Å². The Morgan fingerprint density at radius 2 is 1.04 bits per heavy atom. The molecule has 0 bridgehead atoms. The average molecular weight is 681 g/mol. The van der Waals surface area contributed by atoms with Crippen molar-refractivity contribution in [1.29, 1.82) is 0 Å². The smallest absolute Gasteiger partial charge is 0.231 e. The Bertz CT molecular complexity index is 919. The van der Waals surface area contributed by atoms with Crippen molar-refractivity contribution in [2.45, 2.75) is 12.8 Å². The summed E-state index contributed by atoms with van der Waals surface area (Å²) < 4.78 is 37.3. The van der Waals surface area contributed by atoms with Crippen molar-refractivity contribution in [2.24, 2.45) is 10.2 Å². The second-order valence-corrected chi connectivity index (χ2v) is 10.4. The fourth-order valence-electron chi connectivity index (χ4n) is 3.09. The first kappa shape index (κ1) is 41.2. The summed E-state index contributed by atoms with van der Waals surface area (Å²) >= 11 is 7.09. The van der Waals surface area contributed by atoms with Gasteiger partial charge in [0.25, 0.3) is 0 Å². The molecule has 0 spiro atoms. The summed E-state index contributed by atoms with van der Waals surface area (Å²) in [6, 6.07) is 7.61. The zero-order valence-corrected chi connectivity index (χ0v) is 27.4. The minimum Gasteiger partial charge on any atom is -0.394 e. The Morgan fingerprint density at radius 3 is 1.51 bits per heavy atom. The molecule has 2 aromatic rings. The fraction of sp³-hybridized carbons (Fsp3) is 0.690. The molecule has 16 heteroatoms. The van der Waals surface area contributed by atoms with Crippen molar-refractivity contribution in [3.63, 3.8) is 0 Å². The van der Waals surface area contributed by atoms with Crippen molar-refractivity contribution >= 4 is 39.4 Å². The maximum atomic E-state index is 8.55. The van der Waals surface area contributed by atoms with Gasteiger partial charge in [0.2, 0.25) is 5.13 Å². The molecule has 0 fully saturated rings. The van der Waals surface area contributed by atoms with Crippen LogP contribution in [-0.2, 0) is 33.2 Å². The van der Waals surface area contributed by atoms with E-state index in [9.17, 15) is 0 Å². The molecule has 0 unspecified atom stereocenters. The van der Waals surface area contributed by atoms with Crippen LogP contribution in [0.25, 0.3) is 0 Å². The lowest BCUT2D eigenvalue weighted by Crippen LogP contribution is -2.14. The third-order valence-corrected chi connectivity index (χ3v) is 6.18. The Morgan fingerprint density at radius 1 is 0.600 bits per heavy atom. The standard InChI is InChI=1S/C19H27ClN4O5S.C10H22O5/c20-18-15-22-19(30-18)24-23-17-3-1-16(2-4-17)21-5-7-26-9-11-28-13-14-29-12-10-27-8-6-25;11-3-7-13-5-1-2-6-14-9-10-15-8-4-12/h1-4,15,21,25H,5-14H2;11-12H,1-10H2. The lowest BCUT2D eigenvalue weighted by molar-refractivity contribution is -0.00463. The van der Waals surface area contributed by atoms with Gasteiger partial charge in [-0.05, 0) is 37.1 Å². The number of aliphatic hydroxyl groups excluding tert-OH is 3. The monoisotopic (exact) mass is 680 g/mol. The number of thiazole rings is 1. The highest BCUT2D eigenvalue weighted by atomic mass is 35.5. The lowest BCUT2D eigenvalue weighted by atomic mass is 10.3. The number of aliphatic hydroxyl groups is 3. The number of ether oxygens (including phenoxy) is 7. The summed E-state index contributed by atoms with van der Waals surface area (Å²) in [5, 5.41) is 37.4. The van der Waals surface area contributed by atoms with Gasteiger partial charge in [0.15, 0.2) is 0 Å². The normalized spacial score (nSPS) is 11.2. The summed E-state index contributed by atoms with van der Waals surface area (Å²) in [5.74, 6) is 0. The molecule has 0 saturated heterocycles. The molecule has 0 amide bonds. The van der Waals surface area contributed by atoms with Gasteiger partial charge < -0.3 is 53.8 Å². The third kappa shape index (κ3) is 27.0. The number of unbranched alkanes of at least 4 members (excludes halogenated alkanes) is 1. The van der Waals surface area contributed by atoms with Gasteiger partial charge in [0.05, 0.1) is 111 Å². The summed E-state index contributed by atoms with van der Waals surface area (Å²) in [5.41, 5.74) is 1.72. The van der Waals surface area contributed by atoms with Crippen LogP contribution < -0.4 is 5.32 Å². The van der Waals surface area contributed by atoms with Crippen LogP contribution in [0, 0.1) is 0 Å². The number of rotatable bonds is 29. The molecular weight excluding hydrogens is 632 g/mol. The molecule has 0 aliphatic rings. The van der Waals surface area contributed by atoms with Gasteiger partial charge in [-0.3, -0.25) is 0 Å². The molecule has 0 radical (unpaired) electrons.